The van der Waals surface area contributed by atoms with Crippen molar-refractivity contribution < 1.29 is 9.47 Å². The van der Waals surface area contributed by atoms with Crippen LogP contribution < -0.4 is 19.3 Å². The molecule has 116 valence electrons. The maximum atomic E-state index is 5.37. The number of fused-ring (bicyclic) bond motifs is 2. The number of methoxy groups -OCH3 is 2. The van der Waals surface area contributed by atoms with Crippen molar-refractivity contribution in [1.82, 2.24) is 0 Å². The highest BCUT2D eigenvalue weighted by Gasteiger charge is 2.19. The van der Waals surface area contributed by atoms with Gasteiger partial charge >= 0.3 is 0 Å². The van der Waals surface area contributed by atoms with E-state index < -0.39 is 0 Å². The molecule has 0 fully saturated rings. The highest BCUT2D eigenvalue weighted by atomic mass is 16.5. The third-order valence-electron chi connectivity index (χ3n) is 4.21. The van der Waals surface area contributed by atoms with Crippen LogP contribution in [0.25, 0.3) is 0 Å². The molecule has 0 saturated heterocycles. The molecular weight excluding hydrogens is 276 g/mol. The SMILES string of the molecule is COc1ccc2c(c1)CN(C)c1ccc(OC)cc1CN2C. The molecule has 0 aliphatic carbocycles. The Bertz CT molecular complexity index is 625. The van der Waals surface area contributed by atoms with Gasteiger partial charge in [-0.3, -0.25) is 0 Å². The van der Waals surface area contributed by atoms with Crippen molar-refractivity contribution in [2.75, 3.05) is 38.1 Å². The van der Waals surface area contributed by atoms with E-state index in [1.54, 1.807) is 14.2 Å². The Morgan fingerprint density at radius 1 is 0.727 bits per heavy atom. The van der Waals surface area contributed by atoms with Crippen LogP contribution in [-0.2, 0) is 13.1 Å². The van der Waals surface area contributed by atoms with E-state index >= 15 is 0 Å². The number of ether oxygens (including phenoxy) is 2. The summed E-state index contributed by atoms with van der Waals surface area (Å²) in [6.07, 6.45) is 0. The molecule has 0 N–H and O–H groups in total. The summed E-state index contributed by atoms with van der Waals surface area (Å²) in [5.74, 6) is 1.80. The molecule has 0 atom stereocenters. The summed E-state index contributed by atoms with van der Waals surface area (Å²) in [6, 6.07) is 12.5. The molecule has 0 unspecified atom stereocenters. The smallest absolute Gasteiger partial charge is 0.119 e. The molecule has 0 amide bonds. The molecule has 0 aromatic heterocycles. The van der Waals surface area contributed by atoms with Gasteiger partial charge in [0.15, 0.2) is 0 Å². The van der Waals surface area contributed by atoms with Gasteiger partial charge in [-0.1, -0.05) is 0 Å². The number of benzene rings is 2. The zero-order chi connectivity index (χ0) is 15.7. The number of rotatable bonds is 2. The second kappa shape index (κ2) is 5.79. The second-order valence-corrected chi connectivity index (χ2v) is 5.70. The molecule has 0 spiro atoms. The zero-order valence-electron chi connectivity index (χ0n) is 13.6. The van der Waals surface area contributed by atoms with E-state index in [0.717, 1.165) is 24.6 Å². The summed E-state index contributed by atoms with van der Waals surface area (Å²) in [6.45, 7) is 1.69. The quantitative estimate of drug-likeness (QED) is 0.849. The molecule has 0 radical (unpaired) electrons. The van der Waals surface area contributed by atoms with Crippen LogP contribution in [0.4, 0.5) is 11.4 Å². The molecule has 0 saturated carbocycles. The normalized spacial score (nSPS) is 13.8. The largest absolute Gasteiger partial charge is 0.497 e. The minimum Gasteiger partial charge on any atom is -0.497 e. The average molecular weight is 298 g/mol. The van der Waals surface area contributed by atoms with Gasteiger partial charge in [-0.25, -0.2) is 0 Å². The van der Waals surface area contributed by atoms with Gasteiger partial charge in [-0.15, -0.1) is 0 Å². The highest BCUT2D eigenvalue weighted by Crippen LogP contribution is 2.34. The molecule has 2 aromatic rings. The lowest BCUT2D eigenvalue weighted by atomic mass is 10.0. The predicted octanol–water partition coefficient (Wildman–Crippen LogP) is 3.29. The first-order valence-electron chi connectivity index (χ1n) is 7.38. The van der Waals surface area contributed by atoms with Crippen molar-refractivity contribution >= 4 is 11.4 Å². The minimum absolute atomic E-state index is 0.843. The molecule has 22 heavy (non-hydrogen) atoms. The predicted molar refractivity (Wildman–Crippen MR) is 90.2 cm³/mol. The first kappa shape index (κ1) is 14.6. The molecule has 1 aliphatic rings. The summed E-state index contributed by atoms with van der Waals surface area (Å²) < 4.78 is 10.7. The van der Waals surface area contributed by atoms with Crippen molar-refractivity contribution in [1.29, 1.82) is 0 Å². The van der Waals surface area contributed by atoms with E-state index in [4.69, 9.17) is 9.47 Å². The van der Waals surface area contributed by atoms with E-state index in [1.807, 2.05) is 12.1 Å². The van der Waals surface area contributed by atoms with E-state index in [-0.39, 0.29) is 0 Å². The standard InChI is InChI=1S/C18H22N2O2/c1-19-11-13-9-16(22-4)6-8-18(13)20(2)12-14-10-15(21-3)5-7-17(14)19/h5-10H,11-12H2,1-4H3. The molecule has 1 aliphatic heterocycles. The maximum absolute atomic E-state index is 5.37. The second-order valence-electron chi connectivity index (χ2n) is 5.70. The number of hydrogen-bond donors (Lipinski definition) is 0. The Kier molecular flexibility index (Phi) is 3.84. The van der Waals surface area contributed by atoms with Crippen LogP contribution in [0.1, 0.15) is 11.1 Å². The lowest BCUT2D eigenvalue weighted by molar-refractivity contribution is 0.414. The van der Waals surface area contributed by atoms with Crippen LogP contribution in [-0.4, -0.2) is 28.3 Å². The summed E-state index contributed by atoms with van der Waals surface area (Å²) in [5.41, 5.74) is 5.01. The monoisotopic (exact) mass is 298 g/mol. The van der Waals surface area contributed by atoms with Crippen molar-refractivity contribution in [3.63, 3.8) is 0 Å². The van der Waals surface area contributed by atoms with Gasteiger partial charge < -0.3 is 19.3 Å². The fourth-order valence-corrected chi connectivity index (χ4v) is 3.06. The van der Waals surface area contributed by atoms with E-state index in [9.17, 15) is 0 Å². The van der Waals surface area contributed by atoms with Crippen LogP contribution in [0.5, 0.6) is 11.5 Å². The van der Waals surface area contributed by atoms with Gasteiger partial charge in [0.2, 0.25) is 0 Å². The first-order valence-corrected chi connectivity index (χ1v) is 7.38. The van der Waals surface area contributed by atoms with Crippen LogP contribution in [0, 0.1) is 0 Å². The van der Waals surface area contributed by atoms with Crippen molar-refractivity contribution in [2.45, 2.75) is 13.1 Å². The Morgan fingerprint density at radius 2 is 1.14 bits per heavy atom. The van der Waals surface area contributed by atoms with Crippen molar-refractivity contribution in [3.8, 4) is 11.5 Å². The van der Waals surface area contributed by atoms with Gasteiger partial charge in [-0.05, 0) is 47.5 Å². The van der Waals surface area contributed by atoms with E-state index in [1.165, 1.54) is 22.5 Å². The topological polar surface area (TPSA) is 24.9 Å². The molecule has 4 heteroatoms. The Morgan fingerprint density at radius 3 is 1.50 bits per heavy atom. The van der Waals surface area contributed by atoms with Gasteiger partial charge in [0.05, 0.1) is 14.2 Å². The Labute approximate surface area is 131 Å². The minimum atomic E-state index is 0.843. The fourth-order valence-electron chi connectivity index (χ4n) is 3.06. The van der Waals surface area contributed by atoms with Crippen LogP contribution >= 0.6 is 0 Å². The number of anilines is 2. The van der Waals surface area contributed by atoms with E-state index in [2.05, 4.69) is 48.2 Å². The summed E-state index contributed by atoms with van der Waals surface area (Å²) in [4.78, 5) is 4.56. The summed E-state index contributed by atoms with van der Waals surface area (Å²) in [5, 5.41) is 0. The van der Waals surface area contributed by atoms with Gasteiger partial charge in [0.25, 0.3) is 0 Å². The summed E-state index contributed by atoms with van der Waals surface area (Å²) in [7, 11) is 7.67. The number of nitrogens with zero attached hydrogens (tertiary/aromatic N) is 2. The lowest BCUT2D eigenvalue weighted by Crippen LogP contribution is -2.27. The van der Waals surface area contributed by atoms with Gasteiger partial charge in [0.1, 0.15) is 11.5 Å². The van der Waals surface area contributed by atoms with Crippen LogP contribution in [0.3, 0.4) is 0 Å². The van der Waals surface area contributed by atoms with Gasteiger partial charge in [0, 0.05) is 38.6 Å². The molecule has 1 heterocycles. The highest BCUT2D eigenvalue weighted by molar-refractivity contribution is 5.64. The van der Waals surface area contributed by atoms with Crippen LogP contribution in [0.15, 0.2) is 36.4 Å². The lowest BCUT2D eigenvalue weighted by Gasteiger charge is -2.32. The van der Waals surface area contributed by atoms with Crippen molar-refractivity contribution in [2.24, 2.45) is 0 Å². The van der Waals surface area contributed by atoms with Crippen molar-refractivity contribution in [3.05, 3.63) is 47.5 Å². The molecule has 4 nitrogen and oxygen atoms in total. The molecule has 0 bridgehead atoms. The Balaban J connectivity index is 2.05. The molecule has 3 rings (SSSR count). The molecular formula is C18H22N2O2. The van der Waals surface area contributed by atoms with Gasteiger partial charge in [-0.2, -0.15) is 0 Å². The zero-order valence-corrected chi connectivity index (χ0v) is 13.6. The third-order valence-corrected chi connectivity index (χ3v) is 4.21. The average Bonchev–Trinajstić information content (AvgIpc) is 2.53. The third kappa shape index (κ3) is 2.56. The maximum Gasteiger partial charge on any atom is 0.119 e. The number of hydrogen-bond acceptors (Lipinski definition) is 4. The first-order chi connectivity index (χ1) is 10.6. The van der Waals surface area contributed by atoms with Crippen LogP contribution in [0.2, 0.25) is 0 Å². The summed E-state index contributed by atoms with van der Waals surface area (Å²) >= 11 is 0. The fraction of sp³-hybridized carbons (Fsp3) is 0.333. The van der Waals surface area contributed by atoms with E-state index in [0.29, 0.717) is 0 Å². The Hall–Kier alpha value is -2.36. The molecule has 2 aromatic carbocycles.